The molecule has 272 valence electrons. The number of hydrogen-bond acceptors (Lipinski definition) is 12. The highest BCUT2D eigenvalue weighted by atomic mass is 35.5. The first-order valence-electron chi connectivity index (χ1n) is 16.4. The predicted octanol–water partition coefficient (Wildman–Crippen LogP) is 6.16. The fourth-order valence-electron chi connectivity index (χ4n) is 5.01. The average molecular weight is 742 g/mol. The molecule has 4 aromatic rings. The standard InChI is InChI=1S/C37H42Cl2N4O8/c1-2-48-37(46)33(21-45)42-20-27-18-30(38)35(19-34(27)50-22-24-10-11-32(43-47)31(40)16-24)51-23-26-7-4-9-29(36(26)39)25-6-3-8-28(17-25)49-15-5-12-41-13-14-44/h3-4,6-11,16-19,33,41-42,44-45H,2,5,12-15,20-23,40H2,1H3/t33-/m1/s1. The molecule has 0 heterocycles. The number of ether oxygens (including phenoxy) is 4. The minimum Gasteiger partial charge on any atom is -0.494 e. The van der Waals surface area contributed by atoms with Gasteiger partial charge in [-0.1, -0.05) is 59.6 Å². The van der Waals surface area contributed by atoms with Crippen LogP contribution in [0.4, 0.5) is 11.4 Å². The van der Waals surface area contributed by atoms with Gasteiger partial charge in [0.05, 0.1) is 42.2 Å². The van der Waals surface area contributed by atoms with Crippen LogP contribution >= 0.6 is 23.2 Å². The summed E-state index contributed by atoms with van der Waals surface area (Å²) in [5, 5.41) is 28.5. The minimum absolute atomic E-state index is 0.0793. The third-order valence-electron chi connectivity index (χ3n) is 7.65. The Kier molecular flexibility index (Phi) is 15.8. The molecule has 1 atom stereocenters. The zero-order valence-electron chi connectivity index (χ0n) is 28.2. The number of nitrogens with one attached hydrogen (secondary N) is 2. The second kappa shape index (κ2) is 20.4. The topological polar surface area (TPSA) is 174 Å². The molecule has 0 spiro atoms. The van der Waals surface area contributed by atoms with E-state index in [0.29, 0.717) is 46.5 Å². The van der Waals surface area contributed by atoms with Gasteiger partial charge < -0.3 is 40.2 Å². The first-order chi connectivity index (χ1) is 24.8. The summed E-state index contributed by atoms with van der Waals surface area (Å²) in [6.45, 7) is 3.57. The molecule has 0 aliphatic heterocycles. The summed E-state index contributed by atoms with van der Waals surface area (Å²) in [4.78, 5) is 23.2. The van der Waals surface area contributed by atoms with Gasteiger partial charge in [0, 0.05) is 35.8 Å². The quantitative estimate of drug-likeness (QED) is 0.0286. The van der Waals surface area contributed by atoms with Crippen molar-refractivity contribution in [1.29, 1.82) is 0 Å². The first-order valence-corrected chi connectivity index (χ1v) is 17.2. The van der Waals surface area contributed by atoms with Crippen molar-refractivity contribution in [3.8, 4) is 28.4 Å². The third-order valence-corrected chi connectivity index (χ3v) is 8.40. The van der Waals surface area contributed by atoms with Crippen molar-refractivity contribution >= 4 is 40.5 Å². The molecule has 14 heteroatoms. The normalized spacial score (nSPS) is 11.5. The van der Waals surface area contributed by atoms with Gasteiger partial charge in [-0.25, -0.2) is 0 Å². The van der Waals surface area contributed by atoms with Crippen LogP contribution in [0, 0.1) is 4.91 Å². The molecule has 0 aliphatic carbocycles. The van der Waals surface area contributed by atoms with Crippen molar-refractivity contribution in [3.63, 3.8) is 0 Å². The third kappa shape index (κ3) is 11.5. The molecule has 0 saturated heterocycles. The molecule has 0 saturated carbocycles. The number of nitrogens with zero attached hydrogens (tertiary/aromatic N) is 1. The van der Waals surface area contributed by atoms with E-state index in [1.807, 2.05) is 42.5 Å². The number of anilines is 1. The lowest BCUT2D eigenvalue weighted by molar-refractivity contribution is -0.146. The summed E-state index contributed by atoms with van der Waals surface area (Å²) >= 11 is 13.6. The van der Waals surface area contributed by atoms with E-state index >= 15 is 0 Å². The monoisotopic (exact) mass is 740 g/mol. The van der Waals surface area contributed by atoms with Gasteiger partial charge in [-0.2, -0.15) is 0 Å². The zero-order valence-corrected chi connectivity index (χ0v) is 29.7. The minimum atomic E-state index is -0.961. The Labute approximate surface area is 306 Å². The molecule has 6 N–H and O–H groups in total. The van der Waals surface area contributed by atoms with Crippen molar-refractivity contribution in [2.75, 3.05) is 45.3 Å². The van der Waals surface area contributed by atoms with Crippen molar-refractivity contribution in [2.24, 2.45) is 5.18 Å². The molecule has 0 unspecified atom stereocenters. The van der Waals surface area contributed by atoms with E-state index in [1.54, 1.807) is 31.2 Å². The van der Waals surface area contributed by atoms with Gasteiger partial charge in [-0.15, -0.1) is 4.91 Å². The van der Waals surface area contributed by atoms with Gasteiger partial charge in [0.1, 0.15) is 42.2 Å². The first kappa shape index (κ1) is 39.4. The Hall–Kier alpha value is -4.43. The predicted molar refractivity (Wildman–Crippen MR) is 198 cm³/mol. The van der Waals surface area contributed by atoms with Crippen LogP contribution in [0.3, 0.4) is 0 Å². The molecule has 51 heavy (non-hydrogen) atoms. The van der Waals surface area contributed by atoms with Gasteiger partial charge in [0.15, 0.2) is 0 Å². The van der Waals surface area contributed by atoms with Crippen LogP contribution in [0.25, 0.3) is 11.1 Å². The van der Waals surface area contributed by atoms with Gasteiger partial charge in [0.25, 0.3) is 0 Å². The number of halogens is 2. The van der Waals surface area contributed by atoms with Crippen LogP contribution in [-0.4, -0.2) is 61.7 Å². The smallest absolute Gasteiger partial charge is 0.325 e. The number of rotatable bonds is 21. The molecule has 0 amide bonds. The molecule has 12 nitrogen and oxygen atoms in total. The number of nitrogen functional groups attached to an aromatic ring is 1. The van der Waals surface area contributed by atoms with Gasteiger partial charge in [-0.05, 0) is 66.5 Å². The number of carbonyl (C=O) groups is 1. The molecule has 4 aromatic carbocycles. The van der Waals surface area contributed by atoms with Gasteiger partial charge in [0.2, 0.25) is 0 Å². The molecular weight excluding hydrogens is 699 g/mol. The van der Waals surface area contributed by atoms with Gasteiger partial charge in [-0.3, -0.25) is 10.1 Å². The number of hydrogen-bond donors (Lipinski definition) is 5. The highest BCUT2D eigenvalue weighted by Crippen LogP contribution is 2.37. The Morgan fingerprint density at radius 1 is 0.922 bits per heavy atom. The van der Waals surface area contributed by atoms with Crippen LogP contribution < -0.4 is 30.6 Å². The molecule has 0 bridgehead atoms. The number of carbonyl (C=O) groups excluding carboxylic acids is 1. The lowest BCUT2D eigenvalue weighted by Crippen LogP contribution is -2.40. The summed E-state index contributed by atoms with van der Waals surface area (Å²) in [5.74, 6) is 0.839. The maximum Gasteiger partial charge on any atom is 0.325 e. The molecule has 0 fully saturated rings. The van der Waals surface area contributed by atoms with Crippen LogP contribution in [0.2, 0.25) is 10.0 Å². The van der Waals surface area contributed by atoms with Crippen LogP contribution in [-0.2, 0) is 29.3 Å². The Morgan fingerprint density at radius 3 is 2.47 bits per heavy atom. The van der Waals surface area contributed by atoms with E-state index in [0.717, 1.165) is 29.7 Å². The lowest BCUT2D eigenvalue weighted by atomic mass is 10.0. The number of benzene rings is 4. The van der Waals surface area contributed by atoms with Crippen LogP contribution in [0.15, 0.2) is 78.0 Å². The number of nitrogens with two attached hydrogens (primary N) is 1. The highest BCUT2D eigenvalue weighted by Gasteiger charge is 2.20. The summed E-state index contributed by atoms with van der Waals surface area (Å²) in [7, 11) is 0. The molecule has 0 aromatic heterocycles. The van der Waals surface area contributed by atoms with Crippen LogP contribution in [0.1, 0.15) is 30.0 Å². The zero-order chi connectivity index (χ0) is 36.6. The van der Waals surface area contributed by atoms with E-state index in [1.165, 1.54) is 6.07 Å². The van der Waals surface area contributed by atoms with Crippen LogP contribution in [0.5, 0.6) is 17.2 Å². The summed E-state index contributed by atoms with van der Waals surface area (Å²) in [5.41, 5.74) is 9.95. The fraction of sp³-hybridized carbons (Fsp3) is 0.324. The Balaban J connectivity index is 1.52. The molecule has 0 radical (unpaired) electrons. The van der Waals surface area contributed by atoms with Crippen molar-refractivity contribution in [3.05, 3.63) is 104 Å². The van der Waals surface area contributed by atoms with E-state index < -0.39 is 18.6 Å². The van der Waals surface area contributed by atoms with Crippen molar-refractivity contribution < 1.29 is 34.0 Å². The van der Waals surface area contributed by atoms with Crippen molar-refractivity contribution in [1.82, 2.24) is 10.6 Å². The molecular formula is C37H42Cl2N4O8. The van der Waals surface area contributed by atoms with E-state index in [2.05, 4.69) is 15.8 Å². The maximum absolute atomic E-state index is 12.3. The summed E-state index contributed by atoms with van der Waals surface area (Å²) in [6.07, 6.45) is 0.794. The summed E-state index contributed by atoms with van der Waals surface area (Å²) in [6, 6.07) is 20.5. The second-order valence-electron chi connectivity index (χ2n) is 11.3. The highest BCUT2D eigenvalue weighted by molar-refractivity contribution is 6.34. The van der Waals surface area contributed by atoms with E-state index in [9.17, 15) is 14.8 Å². The lowest BCUT2D eigenvalue weighted by Gasteiger charge is -2.19. The Morgan fingerprint density at radius 2 is 1.73 bits per heavy atom. The number of esters is 1. The maximum atomic E-state index is 12.3. The molecule has 4 rings (SSSR count). The summed E-state index contributed by atoms with van der Waals surface area (Å²) < 4.78 is 23.3. The largest absolute Gasteiger partial charge is 0.494 e. The fourth-order valence-corrected chi connectivity index (χ4v) is 5.54. The Bertz CT molecular complexity index is 1760. The number of aliphatic hydroxyl groups excluding tert-OH is 2. The SMILES string of the molecule is CCOC(=O)[C@@H](CO)NCc1cc(Cl)c(OCc2cccc(-c3cccc(OCCCNCCO)c3)c2Cl)cc1OCc1ccc(N=O)c(N)c1. The number of nitroso groups, excluding NO2 is 1. The van der Waals surface area contributed by atoms with Gasteiger partial charge >= 0.3 is 5.97 Å². The number of aliphatic hydroxyl groups is 2. The van der Waals surface area contributed by atoms with E-state index in [4.69, 9.17) is 53.0 Å². The average Bonchev–Trinajstić information content (AvgIpc) is 3.13. The molecule has 0 aliphatic rings. The van der Waals surface area contributed by atoms with Crippen molar-refractivity contribution in [2.45, 2.75) is 39.1 Å². The second-order valence-corrected chi connectivity index (χ2v) is 12.1. The van der Waals surface area contributed by atoms with E-state index in [-0.39, 0.29) is 49.4 Å².